The summed E-state index contributed by atoms with van der Waals surface area (Å²) in [6.07, 6.45) is -0.812. The average Bonchev–Trinajstić information content (AvgIpc) is 2.92. The van der Waals surface area contributed by atoms with Crippen LogP contribution in [0.4, 0.5) is 0 Å². The van der Waals surface area contributed by atoms with Crippen molar-refractivity contribution in [1.29, 1.82) is 0 Å². The van der Waals surface area contributed by atoms with Crippen LogP contribution in [0.1, 0.15) is 24.4 Å². The highest BCUT2D eigenvalue weighted by molar-refractivity contribution is 5.76. The van der Waals surface area contributed by atoms with Gasteiger partial charge in [0, 0.05) is 12.1 Å². The van der Waals surface area contributed by atoms with Gasteiger partial charge in [-0.05, 0) is 25.1 Å². The van der Waals surface area contributed by atoms with Crippen LogP contribution in [0.15, 0.2) is 48.5 Å². The lowest BCUT2D eigenvalue weighted by Crippen LogP contribution is -2.10. The number of fused-ring (bicyclic) bond motifs is 1. The molecular weight excluding hydrogens is 264 g/mol. The maximum atomic E-state index is 10.8. The summed E-state index contributed by atoms with van der Waals surface area (Å²) in [5.74, 6) is 1.31. The molecule has 0 fully saturated rings. The number of imidazole rings is 1. The first-order valence-corrected chi connectivity index (χ1v) is 7.02. The molecule has 2 aromatic carbocycles. The molecular formula is C17H18N2O2. The number of hydrogen-bond acceptors (Lipinski definition) is 3. The van der Waals surface area contributed by atoms with E-state index < -0.39 is 6.10 Å². The van der Waals surface area contributed by atoms with Gasteiger partial charge in [-0.15, -0.1) is 0 Å². The van der Waals surface area contributed by atoms with E-state index in [1.807, 2.05) is 60.0 Å². The number of ether oxygens (including phenoxy) is 1. The van der Waals surface area contributed by atoms with E-state index in [0.717, 1.165) is 23.1 Å². The Morgan fingerprint density at radius 2 is 1.86 bits per heavy atom. The van der Waals surface area contributed by atoms with Crippen molar-refractivity contribution in [3.8, 4) is 5.75 Å². The average molecular weight is 282 g/mol. The molecule has 0 unspecified atom stereocenters. The highest BCUT2D eigenvalue weighted by Gasteiger charge is 2.21. The Balaban J connectivity index is 2.15. The molecule has 1 atom stereocenters. The van der Waals surface area contributed by atoms with Gasteiger partial charge in [0.15, 0.2) is 0 Å². The molecule has 0 aliphatic heterocycles. The lowest BCUT2D eigenvalue weighted by molar-refractivity contribution is 0.200. The first-order valence-electron chi connectivity index (χ1n) is 7.02. The standard InChI is InChI=1S/C17H18N2O2/c1-3-19-14-10-6-5-9-13(14)18-17(19)16(20)12-8-4-7-11-15(12)21-2/h4-11,16,20H,3H2,1-2H3/t16-/m0/s1. The molecule has 1 heterocycles. The molecule has 0 saturated carbocycles. The largest absolute Gasteiger partial charge is 0.496 e. The Labute approximate surface area is 123 Å². The van der Waals surface area contributed by atoms with E-state index in [1.165, 1.54) is 0 Å². The number of aromatic nitrogens is 2. The summed E-state index contributed by atoms with van der Waals surface area (Å²) >= 11 is 0. The van der Waals surface area contributed by atoms with Crippen molar-refractivity contribution in [1.82, 2.24) is 9.55 Å². The zero-order chi connectivity index (χ0) is 14.8. The zero-order valence-corrected chi connectivity index (χ0v) is 12.2. The van der Waals surface area contributed by atoms with Crippen molar-refractivity contribution in [2.24, 2.45) is 0 Å². The van der Waals surface area contributed by atoms with Crippen LogP contribution in [0.2, 0.25) is 0 Å². The molecule has 21 heavy (non-hydrogen) atoms. The van der Waals surface area contributed by atoms with Gasteiger partial charge >= 0.3 is 0 Å². The van der Waals surface area contributed by atoms with Crippen LogP contribution in [-0.4, -0.2) is 21.8 Å². The van der Waals surface area contributed by atoms with Crippen LogP contribution >= 0.6 is 0 Å². The highest BCUT2D eigenvalue weighted by atomic mass is 16.5. The Hall–Kier alpha value is -2.33. The van der Waals surface area contributed by atoms with Crippen LogP contribution in [0, 0.1) is 0 Å². The molecule has 3 rings (SSSR count). The molecule has 4 nitrogen and oxygen atoms in total. The second kappa shape index (κ2) is 5.58. The normalized spacial score (nSPS) is 12.5. The number of hydrogen-bond donors (Lipinski definition) is 1. The van der Waals surface area contributed by atoms with E-state index in [9.17, 15) is 5.11 Å². The minimum Gasteiger partial charge on any atom is -0.496 e. The summed E-state index contributed by atoms with van der Waals surface area (Å²) < 4.78 is 7.37. The second-order valence-corrected chi connectivity index (χ2v) is 4.85. The summed E-state index contributed by atoms with van der Waals surface area (Å²) in [5, 5.41) is 10.8. The molecule has 0 radical (unpaired) electrons. The first-order chi connectivity index (χ1) is 10.3. The third kappa shape index (κ3) is 2.28. The monoisotopic (exact) mass is 282 g/mol. The summed E-state index contributed by atoms with van der Waals surface area (Å²) in [6, 6.07) is 15.4. The third-order valence-electron chi connectivity index (χ3n) is 3.68. The lowest BCUT2D eigenvalue weighted by Gasteiger charge is -2.15. The topological polar surface area (TPSA) is 47.3 Å². The summed E-state index contributed by atoms with van der Waals surface area (Å²) in [7, 11) is 1.61. The number of rotatable bonds is 4. The highest BCUT2D eigenvalue weighted by Crippen LogP contribution is 2.31. The van der Waals surface area contributed by atoms with Crippen molar-refractivity contribution < 1.29 is 9.84 Å². The van der Waals surface area contributed by atoms with Gasteiger partial charge in [-0.3, -0.25) is 0 Å². The van der Waals surface area contributed by atoms with Crippen molar-refractivity contribution in [3.05, 3.63) is 59.9 Å². The van der Waals surface area contributed by atoms with Gasteiger partial charge in [-0.1, -0.05) is 30.3 Å². The quantitative estimate of drug-likeness (QED) is 0.799. The van der Waals surface area contributed by atoms with E-state index >= 15 is 0 Å². The minimum absolute atomic E-state index is 0.642. The number of aliphatic hydroxyl groups is 1. The summed E-state index contributed by atoms with van der Waals surface area (Å²) in [4.78, 5) is 4.59. The molecule has 108 valence electrons. The molecule has 0 spiro atoms. The van der Waals surface area contributed by atoms with Crippen LogP contribution in [0.3, 0.4) is 0 Å². The first kappa shape index (κ1) is 13.6. The summed E-state index contributed by atoms with van der Waals surface area (Å²) in [5.41, 5.74) is 2.65. The fourth-order valence-corrected chi connectivity index (χ4v) is 2.67. The molecule has 4 heteroatoms. The third-order valence-corrected chi connectivity index (χ3v) is 3.68. The Bertz CT molecular complexity index is 764. The van der Waals surface area contributed by atoms with Gasteiger partial charge in [-0.25, -0.2) is 4.98 Å². The molecule has 1 N–H and O–H groups in total. The number of benzene rings is 2. The van der Waals surface area contributed by atoms with E-state index in [0.29, 0.717) is 11.6 Å². The number of aliphatic hydroxyl groups excluding tert-OH is 1. The predicted molar refractivity (Wildman–Crippen MR) is 82.5 cm³/mol. The number of methoxy groups -OCH3 is 1. The molecule has 3 aromatic rings. The Morgan fingerprint density at radius 1 is 1.14 bits per heavy atom. The maximum absolute atomic E-state index is 10.8. The van der Waals surface area contributed by atoms with Gasteiger partial charge in [0.2, 0.25) is 0 Å². The van der Waals surface area contributed by atoms with Crippen molar-refractivity contribution >= 4 is 11.0 Å². The van der Waals surface area contributed by atoms with Gasteiger partial charge in [-0.2, -0.15) is 0 Å². The van der Waals surface area contributed by atoms with Gasteiger partial charge in [0.05, 0.1) is 18.1 Å². The van der Waals surface area contributed by atoms with E-state index in [2.05, 4.69) is 4.98 Å². The molecule has 0 bridgehead atoms. The van der Waals surface area contributed by atoms with Crippen LogP contribution in [0.5, 0.6) is 5.75 Å². The maximum Gasteiger partial charge on any atom is 0.143 e. The number of para-hydroxylation sites is 3. The molecule has 1 aromatic heterocycles. The fourth-order valence-electron chi connectivity index (χ4n) is 2.67. The second-order valence-electron chi connectivity index (χ2n) is 4.85. The molecule has 0 amide bonds. The zero-order valence-electron chi connectivity index (χ0n) is 12.2. The van der Waals surface area contributed by atoms with Crippen molar-refractivity contribution in [3.63, 3.8) is 0 Å². The smallest absolute Gasteiger partial charge is 0.143 e. The molecule has 0 saturated heterocycles. The molecule has 0 aliphatic rings. The summed E-state index contributed by atoms with van der Waals surface area (Å²) in [6.45, 7) is 2.80. The van der Waals surface area contributed by atoms with Crippen LogP contribution in [0.25, 0.3) is 11.0 Å². The Morgan fingerprint density at radius 3 is 2.62 bits per heavy atom. The van der Waals surface area contributed by atoms with Crippen LogP contribution < -0.4 is 4.74 Å². The van der Waals surface area contributed by atoms with E-state index in [1.54, 1.807) is 7.11 Å². The van der Waals surface area contributed by atoms with E-state index in [4.69, 9.17) is 4.74 Å². The van der Waals surface area contributed by atoms with Crippen molar-refractivity contribution in [2.45, 2.75) is 19.6 Å². The predicted octanol–water partition coefficient (Wildman–Crippen LogP) is 3.15. The van der Waals surface area contributed by atoms with E-state index in [-0.39, 0.29) is 0 Å². The number of aryl methyl sites for hydroxylation is 1. The van der Waals surface area contributed by atoms with Crippen molar-refractivity contribution in [2.75, 3.05) is 7.11 Å². The lowest BCUT2D eigenvalue weighted by atomic mass is 10.1. The van der Waals surface area contributed by atoms with Crippen LogP contribution in [-0.2, 0) is 6.54 Å². The fraction of sp³-hybridized carbons (Fsp3) is 0.235. The minimum atomic E-state index is -0.812. The SMILES string of the molecule is CCn1c([C@@H](O)c2ccccc2OC)nc2ccccc21. The Kier molecular flexibility index (Phi) is 3.62. The van der Waals surface area contributed by atoms with Gasteiger partial charge in [0.1, 0.15) is 17.7 Å². The number of nitrogens with zero attached hydrogens (tertiary/aromatic N) is 2. The molecule has 0 aliphatic carbocycles. The van der Waals surface area contributed by atoms with Gasteiger partial charge in [0.25, 0.3) is 0 Å². The van der Waals surface area contributed by atoms with Gasteiger partial charge < -0.3 is 14.4 Å².